The van der Waals surface area contributed by atoms with Crippen molar-refractivity contribution in [3.05, 3.63) is 90.8 Å². The molecule has 2 N–H and O–H groups in total. The van der Waals surface area contributed by atoms with Crippen molar-refractivity contribution >= 4 is 28.2 Å². The number of ether oxygens (including phenoxy) is 1. The Bertz CT molecular complexity index is 1440. The molecule has 0 aliphatic carbocycles. The summed E-state index contributed by atoms with van der Waals surface area (Å²) in [5.41, 5.74) is -1.71. The molecular formula is C21H14F2N2O5S. The van der Waals surface area contributed by atoms with Gasteiger partial charge in [-0.1, -0.05) is 12.1 Å². The van der Waals surface area contributed by atoms with E-state index in [2.05, 4.69) is 4.98 Å². The zero-order valence-electron chi connectivity index (χ0n) is 15.9. The molecule has 0 bridgehead atoms. The average Bonchev–Trinajstić information content (AvgIpc) is 3.14. The molecular weight excluding hydrogens is 430 g/mol. The van der Waals surface area contributed by atoms with E-state index in [1.807, 2.05) is 0 Å². The van der Waals surface area contributed by atoms with Gasteiger partial charge in [0.25, 0.3) is 5.56 Å². The normalized spacial score (nSPS) is 12.1. The number of H-pyrrole nitrogens is 1. The Hall–Kier alpha value is -3.79. The van der Waals surface area contributed by atoms with E-state index in [9.17, 15) is 28.3 Å². The fraction of sp³-hybridized carbons (Fsp3) is 0.0952. The number of benzene rings is 2. The topological polar surface area (TPSA) is 101 Å². The smallest absolute Gasteiger partial charge is 0.346 e. The van der Waals surface area contributed by atoms with Crippen LogP contribution in [0.1, 0.15) is 28.3 Å². The Morgan fingerprint density at radius 1 is 1.19 bits per heavy atom. The first-order valence-electron chi connectivity index (χ1n) is 8.98. The third kappa shape index (κ3) is 3.73. The summed E-state index contributed by atoms with van der Waals surface area (Å²) in [6.45, 7) is 1.66. The number of aromatic amines is 1. The molecule has 0 amide bonds. The number of carboxylic acid groups (broad SMARTS) is 1. The fourth-order valence-corrected chi connectivity index (χ4v) is 4.01. The molecule has 1 atom stereocenters. The van der Waals surface area contributed by atoms with Gasteiger partial charge in [-0.2, -0.15) is 0 Å². The number of thiophene rings is 1. The molecule has 4 rings (SSSR count). The number of aromatic nitrogens is 2. The van der Waals surface area contributed by atoms with Gasteiger partial charge < -0.3 is 14.8 Å². The van der Waals surface area contributed by atoms with Crippen molar-refractivity contribution in [2.45, 2.75) is 13.0 Å². The summed E-state index contributed by atoms with van der Waals surface area (Å²) in [6, 6.07) is 9.24. The maximum atomic E-state index is 14.6. The largest absolute Gasteiger partial charge is 0.486 e. The maximum absolute atomic E-state index is 14.6. The number of rotatable bonds is 5. The van der Waals surface area contributed by atoms with Crippen LogP contribution in [0.2, 0.25) is 0 Å². The zero-order chi connectivity index (χ0) is 22.3. The van der Waals surface area contributed by atoms with Gasteiger partial charge in [-0.3, -0.25) is 4.79 Å². The molecule has 158 valence electrons. The van der Waals surface area contributed by atoms with E-state index < -0.39 is 40.6 Å². The molecule has 0 saturated carbocycles. The van der Waals surface area contributed by atoms with Crippen LogP contribution >= 0.6 is 11.3 Å². The van der Waals surface area contributed by atoms with Gasteiger partial charge in [0.2, 0.25) is 0 Å². The van der Waals surface area contributed by atoms with E-state index in [1.54, 1.807) is 13.0 Å². The molecule has 0 aliphatic rings. The molecule has 2 heterocycles. The molecule has 2 aromatic heterocycles. The predicted octanol–water partition coefficient (Wildman–Crippen LogP) is 3.86. The van der Waals surface area contributed by atoms with Crippen LogP contribution in [0, 0.1) is 11.6 Å². The quantitative estimate of drug-likeness (QED) is 0.487. The van der Waals surface area contributed by atoms with Gasteiger partial charge in [0, 0.05) is 11.4 Å². The van der Waals surface area contributed by atoms with Crippen molar-refractivity contribution in [2.75, 3.05) is 0 Å². The van der Waals surface area contributed by atoms with Crippen LogP contribution in [-0.2, 0) is 0 Å². The molecule has 31 heavy (non-hydrogen) atoms. The SMILES string of the molecule is CC(Oc1ccc(F)c(-n2c(=O)[nH]c3csc(C(=O)O)c3c2=O)c1)c1cccc(F)c1. The average molecular weight is 444 g/mol. The van der Waals surface area contributed by atoms with Crippen molar-refractivity contribution < 1.29 is 23.4 Å². The molecule has 0 saturated heterocycles. The van der Waals surface area contributed by atoms with Gasteiger partial charge in [-0.25, -0.2) is 22.9 Å². The molecule has 0 fully saturated rings. The lowest BCUT2D eigenvalue weighted by Gasteiger charge is -2.16. The molecule has 4 aromatic rings. The van der Waals surface area contributed by atoms with Gasteiger partial charge in [0.1, 0.15) is 28.4 Å². The lowest BCUT2D eigenvalue weighted by Crippen LogP contribution is -2.34. The molecule has 1 unspecified atom stereocenters. The van der Waals surface area contributed by atoms with Gasteiger partial charge >= 0.3 is 11.7 Å². The third-order valence-electron chi connectivity index (χ3n) is 4.64. The second kappa shape index (κ2) is 7.80. The molecule has 7 nitrogen and oxygen atoms in total. The number of aromatic carboxylic acids is 1. The second-order valence-electron chi connectivity index (χ2n) is 6.66. The lowest BCUT2D eigenvalue weighted by atomic mass is 10.1. The minimum Gasteiger partial charge on any atom is -0.486 e. The Morgan fingerprint density at radius 2 is 1.97 bits per heavy atom. The summed E-state index contributed by atoms with van der Waals surface area (Å²) < 4.78 is 34.3. The number of fused-ring (bicyclic) bond motifs is 1. The van der Waals surface area contributed by atoms with Crippen molar-refractivity contribution in [3.8, 4) is 11.4 Å². The first-order valence-corrected chi connectivity index (χ1v) is 9.86. The highest BCUT2D eigenvalue weighted by atomic mass is 32.1. The van der Waals surface area contributed by atoms with Gasteiger partial charge in [-0.15, -0.1) is 11.3 Å². The number of nitrogens with one attached hydrogen (secondary N) is 1. The monoisotopic (exact) mass is 444 g/mol. The first-order chi connectivity index (χ1) is 14.8. The molecule has 2 aromatic carbocycles. The summed E-state index contributed by atoms with van der Waals surface area (Å²) in [5.74, 6) is -2.53. The maximum Gasteiger partial charge on any atom is 0.346 e. The van der Waals surface area contributed by atoms with Crippen LogP contribution in [-0.4, -0.2) is 20.6 Å². The van der Waals surface area contributed by atoms with E-state index in [4.69, 9.17) is 4.74 Å². The predicted molar refractivity (Wildman–Crippen MR) is 110 cm³/mol. The number of hydrogen-bond donors (Lipinski definition) is 2. The highest BCUT2D eigenvalue weighted by Crippen LogP contribution is 2.26. The minimum atomic E-state index is -1.34. The summed E-state index contributed by atoms with van der Waals surface area (Å²) in [5, 5.41) is 10.4. The second-order valence-corrected chi connectivity index (χ2v) is 7.54. The zero-order valence-corrected chi connectivity index (χ0v) is 16.7. The van der Waals surface area contributed by atoms with Crippen LogP contribution < -0.4 is 16.0 Å². The Morgan fingerprint density at radius 3 is 2.68 bits per heavy atom. The van der Waals surface area contributed by atoms with Crippen LogP contribution in [0.4, 0.5) is 8.78 Å². The minimum absolute atomic E-state index is 0.0567. The highest BCUT2D eigenvalue weighted by Gasteiger charge is 2.21. The lowest BCUT2D eigenvalue weighted by molar-refractivity contribution is 0.0704. The van der Waals surface area contributed by atoms with E-state index >= 15 is 0 Å². The molecule has 0 aliphatic heterocycles. The van der Waals surface area contributed by atoms with Gasteiger partial charge in [0.15, 0.2) is 0 Å². The van der Waals surface area contributed by atoms with E-state index in [0.717, 1.165) is 23.5 Å². The van der Waals surface area contributed by atoms with Crippen LogP contribution in [0.3, 0.4) is 0 Å². The van der Waals surface area contributed by atoms with Crippen LogP contribution in [0.15, 0.2) is 57.4 Å². The number of carboxylic acids is 1. The highest BCUT2D eigenvalue weighted by molar-refractivity contribution is 7.13. The Kier molecular flexibility index (Phi) is 5.15. The number of carbonyl (C=O) groups is 1. The number of nitrogens with zero attached hydrogens (tertiary/aromatic N) is 1. The molecule has 0 radical (unpaired) electrons. The first kappa shape index (κ1) is 20.5. The standard InChI is InChI=1S/C21H14F2N2O5S/c1-10(11-3-2-4-12(22)7-11)30-13-5-6-14(23)16(8-13)25-19(26)17-15(24-21(25)29)9-31-18(17)20(27)28/h2-10H,1H3,(H,24,29)(H,27,28). The molecule has 0 spiro atoms. The van der Waals surface area contributed by atoms with Gasteiger partial charge in [0.05, 0.1) is 16.6 Å². The fourth-order valence-electron chi connectivity index (χ4n) is 3.18. The number of halogens is 2. The summed E-state index contributed by atoms with van der Waals surface area (Å²) in [6.07, 6.45) is -0.609. The Balaban J connectivity index is 1.81. The van der Waals surface area contributed by atoms with E-state index in [-0.39, 0.29) is 21.5 Å². The van der Waals surface area contributed by atoms with Crippen LogP contribution in [0.25, 0.3) is 16.6 Å². The van der Waals surface area contributed by atoms with Crippen molar-refractivity contribution in [2.24, 2.45) is 0 Å². The molecule has 10 heteroatoms. The Labute approximate surface area is 176 Å². The van der Waals surface area contributed by atoms with Crippen molar-refractivity contribution in [1.29, 1.82) is 0 Å². The van der Waals surface area contributed by atoms with Gasteiger partial charge in [-0.05, 0) is 36.8 Å². The van der Waals surface area contributed by atoms with Crippen molar-refractivity contribution in [3.63, 3.8) is 0 Å². The summed E-state index contributed by atoms with van der Waals surface area (Å²) in [4.78, 5) is 39.0. The van der Waals surface area contributed by atoms with Crippen LogP contribution in [0.5, 0.6) is 5.75 Å². The summed E-state index contributed by atoms with van der Waals surface area (Å²) in [7, 11) is 0. The third-order valence-corrected chi connectivity index (χ3v) is 5.60. The van der Waals surface area contributed by atoms with E-state index in [0.29, 0.717) is 10.1 Å². The van der Waals surface area contributed by atoms with Crippen molar-refractivity contribution in [1.82, 2.24) is 9.55 Å². The number of hydrogen-bond acceptors (Lipinski definition) is 5. The summed E-state index contributed by atoms with van der Waals surface area (Å²) >= 11 is 0.780. The van der Waals surface area contributed by atoms with E-state index in [1.165, 1.54) is 29.6 Å².